The van der Waals surface area contributed by atoms with Crippen LogP contribution in [0.1, 0.15) is 18.8 Å². The standard InChI is InChI=1S/C19H23N9/c1-14(27-10-12-28(13-11-27)19-21-8-5-9-22-19)16-24-17(20)26-18(25-16)23-15-6-3-2-4-7-15/h2-9,14H,10-13H2,1H3,(H3,20,23,24,25,26)/t14-/m1/s1. The van der Waals surface area contributed by atoms with Crippen molar-refractivity contribution < 1.29 is 0 Å². The lowest BCUT2D eigenvalue weighted by molar-refractivity contribution is 0.191. The van der Waals surface area contributed by atoms with E-state index >= 15 is 0 Å². The second kappa shape index (κ2) is 8.13. The maximum atomic E-state index is 5.93. The molecule has 0 radical (unpaired) electrons. The van der Waals surface area contributed by atoms with E-state index in [-0.39, 0.29) is 12.0 Å². The molecule has 0 aliphatic carbocycles. The van der Waals surface area contributed by atoms with Crippen LogP contribution < -0.4 is 16.0 Å². The molecule has 144 valence electrons. The number of benzene rings is 1. The third-order valence-corrected chi connectivity index (χ3v) is 4.77. The van der Waals surface area contributed by atoms with E-state index in [0.717, 1.165) is 37.8 Å². The van der Waals surface area contributed by atoms with Gasteiger partial charge in [0.15, 0.2) is 5.82 Å². The number of anilines is 4. The summed E-state index contributed by atoms with van der Waals surface area (Å²) in [7, 11) is 0. The van der Waals surface area contributed by atoms with Gasteiger partial charge < -0.3 is 16.0 Å². The normalized spacial score (nSPS) is 16.0. The first-order valence-electron chi connectivity index (χ1n) is 9.28. The van der Waals surface area contributed by atoms with Crippen LogP contribution in [0.25, 0.3) is 0 Å². The van der Waals surface area contributed by atoms with Crippen LogP contribution in [0.2, 0.25) is 0 Å². The summed E-state index contributed by atoms with van der Waals surface area (Å²) in [5.74, 6) is 2.10. The molecule has 1 aliphatic heterocycles. The van der Waals surface area contributed by atoms with Crippen LogP contribution >= 0.6 is 0 Å². The van der Waals surface area contributed by atoms with Crippen molar-refractivity contribution >= 4 is 23.5 Å². The molecule has 0 spiro atoms. The minimum atomic E-state index is 0.0282. The Labute approximate surface area is 163 Å². The molecule has 1 fully saturated rings. The lowest BCUT2D eigenvalue weighted by Gasteiger charge is -2.37. The van der Waals surface area contributed by atoms with Crippen LogP contribution in [-0.2, 0) is 0 Å². The van der Waals surface area contributed by atoms with Crippen molar-refractivity contribution in [2.45, 2.75) is 13.0 Å². The third-order valence-electron chi connectivity index (χ3n) is 4.77. The Hall–Kier alpha value is -3.33. The first kappa shape index (κ1) is 18.1. The van der Waals surface area contributed by atoms with Gasteiger partial charge in [0.05, 0.1) is 6.04 Å². The molecule has 0 saturated carbocycles. The highest BCUT2D eigenvalue weighted by Gasteiger charge is 2.25. The number of nitrogens with two attached hydrogens (primary N) is 1. The molecule has 1 saturated heterocycles. The van der Waals surface area contributed by atoms with Crippen LogP contribution in [0.4, 0.5) is 23.5 Å². The summed E-state index contributed by atoms with van der Waals surface area (Å²) in [6.45, 7) is 5.53. The van der Waals surface area contributed by atoms with Crippen molar-refractivity contribution in [1.29, 1.82) is 0 Å². The fourth-order valence-corrected chi connectivity index (χ4v) is 3.23. The average Bonchev–Trinajstić information content (AvgIpc) is 2.74. The van der Waals surface area contributed by atoms with Gasteiger partial charge in [-0.05, 0) is 25.1 Å². The first-order chi connectivity index (χ1) is 13.7. The molecule has 0 amide bonds. The number of aromatic nitrogens is 5. The highest BCUT2D eigenvalue weighted by molar-refractivity contribution is 5.53. The predicted octanol–water partition coefficient (Wildman–Crippen LogP) is 1.87. The highest BCUT2D eigenvalue weighted by atomic mass is 15.3. The van der Waals surface area contributed by atoms with Gasteiger partial charge in [0, 0.05) is 44.3 Å². The predicted molar refractivity (Wildman–Crippen MR) is 108 cm³/mol. The molecule has 1 atom stereocenters. The van der Waals surface area contributed by atoms with E-state index in [0.29, 0.717) is 11.8 Å². The zero-order valence-corrected chi connectivity index (χ0v) is 15.7. The number of hydrogen-bond acceptors (Lipinski definition) is 9. The Bertz CT molecular complexity index is 896. The number of hydrogen-bond donors (Lipinski definition) is 2. The summed E-state index contributed by atoms with van der Waals surface area (Å²) in [6.07, 6.45) is 3.54. The van der Waals surface area contributed by atoms with E-state index in [1.54, 1.807) is 12.4 Å². The van der Waals surface area contributed by atoms with Gasteiger partial charge in [-0.1, -0.05) is 18.2 Å². The van der Waals surface area contributed by atoms with E-state index in [4.69, 9.17) is 5.73 Å². The SMILES string of the molecule is C[C@H](c1nc(N)nc(Nc2ccccc2)n1)N1CCN(c2ncccn2)CC1. The molecule has 2 aromatic heterocycles. The summed E-state index contributed by atoms with van der Waals surface area (Å²) in [4.78, 5) is 26.3. The third kappa shape index (κ3) is 4.15. The van der Waals surface area contributed by atoms with Crippen molar-refractivity contribution in [1.82, 2.24) is 29.8 Å². The molecule has 28 heavy (non-hydrogen) atoms. The first-order valence-corrected chi connectivity index (χ1v) is 9.28. The molecule has 9 nitrogen and oxygen atoms in total. The molecule has 0 unspecified atom stereocenters. The van der Waals surface area contributed by atoms with Crippen molar-refractivity contribution in [3.05, 3.63) is 54.6 Å². The molecule has 1 aliphatic rings. The van der Waals surface area contributed by atoms with Crippen LogP contribution in [0.5, 0.6) is 0 Å². The minimum absolute atomic E-state index is 0.0282. The monoisotopic (exact) mass is 377 g/mol. The highest BCUT2D eigenvalue weighted by Crippen LogP contribution is 2.22. The topological polar surface area (TPSA) is 109 Å². The summed E-state index contributed by atoms with van der Waals surface area (Å²) in [6, 6.07) is 11.6. The lowest BCUT2D eigenvalue weighted by atomic mass is 10.2. The molecule has 4 rings (SSSR count). The Kier molecular flexibility index (Phi) is 5.24. The van der Waals surface area contributed by atoms with Crippen LogP contribution in [0.3, 0.4) is 0 Å². The Morgan fingerprint density at radius 1 is 0.929 bits per heavy atom. The smallest absolute Gasteiger partial charge is 0.232 e. The minimum Gasteiger partial charge on any atom is -0.368 e. The molecular formula is C19H23N9. The number of nitrogen functional groups attached to an aromatic ring is 1. The Morgan fingerprint density at radius 3 is 2.36 bits per heavy atom. The lowest BCUT2D eigenvalue weighted by Crippen LogP contribution is -2.48. The number of piperazine rings is 1. The molecule has 3 N–H and O–H groups in total. The number of para-hydroxylation sites is 1. The number of nitrogens with one attached hydrogen (secondary N) is 1. The van der Waals surface area contributed by atoms with E-state index in [2.05, 4.69) is 47.0 Å². The molecule has 3 aromatic rings. The quantitative estimate of drug-likeness (QED) is 0.688. The van der Waals surface area contributed by atoms with Gasteiger partial charge in [0.25, 0.3) is 0 Å². The van der Waals surface area contributed by atoms with Gasteiger partial charge in [-0.2, -0.15) is 15.0 Å². The summed E-state index contributed by atoms with van der Waals surface area (Å²) in [5, 5.41) is 3.19. The van der Waals surface area contributed by atoms with Gasteiger partial charge in [0.1, 0.15) is 0 Å². The van der Waals surface area contributed by atoms with Gasteiger partial charge in [-0.25, -0.2) is 9.97 Å². The van der Waals surface area contributed by atoms with Gasteiger partial charge in [-0.3, -0.25) is 4.90 Å². The van der Waals surface area contributed by atoms with Crippen LogP contribution in [0, 0.1) is 0 Å². The van der Waals surface area contributed by atoms with Crippen molar-refractivity contribution in [2.24, 2.45) is 0 Å². The second-order valence-electron chi connectivity index (χ2n) is 6.61. The second-order valence-corrected chi connectivity index (χ2v) is 6.61. The molecular weight excluding hydrogens is 354 g/mol. The van der Waals surface area contributed by atoms with Gasteiger partial charge in [-0.15, -0.1) is 0 Å². The maximum absolute atomic E-state index is 5.93. The van der Waals surface area contributed by atoms with Crippen LogP contribution in [0.15, 0.2) is 48.8 Å². The largest absolute Gasteiger partial charge is 0.368 e. The zero-order chi connectivity index (χ0) is 19.3. The molecule has 9 heteroatoms. The number of nitrogens with zero attached hydrogens (tertiary/aromatic N) is 7. The Morgan fingerprint density at radius 2 is 1.64 bits per heavy atom. The van der Waals surface area contributed by atoms with E-state index in [1.807, 2.05) is 36.4 Å². The number of rotatable bonds is 5. The summed E-state index contributed by atoms with van der Waals surface area (Å²) in [5.41, 5.74) is 6.84. The van der Waals surface area contributed by atoms with E-state index in [9.17, 15) is 0 Å². The molecule has 1 aromatic carbocycles. The molecule has 0 bridgehead atoms. The summed E-state index contributed by atoms with van der Waals surface area (Å²) >= 11 is 0. The summed E-state index contributed by atoms with van der Waals surface area (Å²) < 4.78 is 0. The van der Waals surface area contributed by atoms with Crippen molar-refractivity contribution in [3.8, 4) is 0 Å². The molecule has 3 heterocycles. The average molecular weight is 377 g/mol. The fourth-order valence-electron chi connectivity index (χ4n) is 3.23. The maximum Gasteiger partial charge on any atom is 0.232 e. The van der Waals surface area contributed by atoms with Crippen LogP contribution in [-0.4, -0.2) is 56.0 Å². The van der Waals surface area contributed by atoms with Gasteiger partial charge >= 0.3 is 0 Å². The van der Waals surface area contributed by atoms with Gasteiger partial charge in [0.2, 0.25) is 17.8 Å². The van der Waals surface area contributed by atoms with Crippen molar-refractivity contribution in [2.75, 3.05) is 42.1 Å². The van der Waals surface area contributed by atoms with E-state index < -0.39 is 0 Å². The van der Waals surface area contributed by atoms with Crippen molar-refractivity contribution in [3.63, 3.8) is 0 Å². The fraction of sp³-hybridized carbons (Fsp3) is 0.316. The van der Waals surface area contributed by atoms with E-state index in [1.165, 1.54) is 0 Å². The Balaban J connectivity index is 1.44. The zero-order valence-electron chi connectivity index (χ0n) is 15.7.